The molecule has 7 nitrogen and oxygen atoms in total. The first kappa shape index (κ1) is 22.3. The molecular formula is C27H31N5O2. The fourth-order valence-corrected chi connectivity index (χ4v) is 5.25. The van der Waals surface area contributed by atoms with Crippen LogP contribution in [0.15, 0.2) is 67.0 Å². The fourth-order valence-electron chi connectivity index (χ4n) is 5.25. The number of rotatable bonds is 6. The van der Waals surface area contributed by atoms with Crippen LogP contribution in [0.4, 0.5) is 0 Å². The largest absolute Gasteiger partial charge is 0.348 e. The number of likely N-dealkylation sites (tertiary alicyclic amines) is 1. The Morgan fingerprint density at radius 3 is 2.38 bits per heavy atom. The van der Waals surface area contributed by atoms with Gasteiger partial charge in [-0.25, -0.2) is 4.98 Å². The Balaban J connectivity index is 1.28. The Morgan fingerprint density at radius 2 is 1.68 bits per heavy atom. The van der Waals surface area contributed by atoms with E-state index in [4.69, 9.17) is 0 Å². The molecule has 0 saturated carbocycles. The number of hydrogen-bond acceptors (Lipinski definition) is 4. The first-order chi connectivity index (χ1) is 16.6. The highest BCUT2D eigenvalue weighted by Crippen LogP contribution is 2.36. The lowest BCUT2D eigenvalue weighted by Gasteiger charge is -2.44. The van der Waals surface area contributed by atoms with Gasteiger partial charge in [0.1, 0.15) is 6.04 Å². The summed E-state index contributed by atoms with van der Waals surface area (Å²) in [5.41, 5.74) is 4.10. The molecule has 1 fully saturated rings. The van der Waals surface area contributed by atoms with Crippen molar-refractivity contribution in [2.24, 2.45) is 0 Å². The summed E-state index contributed by atoms with van der Waals surface area (Å²) in [5.74, 6) is -0.151. The Morgan fingerprint density at radius 1 is 1.00 bits per heavy atom. The number of hydrogen-bond donors (Lipinski definition) is 3. The third-order valence-electron chi connectivity index (χ3n) is 7.06. The molecule has 3 N–H and O–H groups in total. The van der Waals surface area contributed by atoms with Crippen molar-refractivity contribution in [1.82, 2.24) is 25.5 Å². The van der Waals surface area contributed by atoms with Gasteiger partial charge in [0.05, 0.1) is 24.0 Å². The zero-order valence-corrected chi connectivity index (χ0v) is 19.3. The van der Waals surface area contributed by atoms with Crippen LogP contribution in [0.25, 0.3) is 0 Å². The molecule has 1 spiro atoms. The van der Waals surface area contributed by atoms with Gasteiger partial charge in [-0.05, 0) is 24.0 Å². The SMILES string of the molecule is O=C(Cc1ccccc1)N[C@H](Cc1ccccc1)C(=O)N1CCC2(CC1)NCCc1[nH]cnc12. The fraction of sp³-hybridized carbons (Fsp3) is 0.370. The van der Waals surface area contributed by atoms with Crippen molar-refractivity contribution in [3.05, 3.63) is 89.5 Å². The van der Waals surface area contributed by atoms with Crippen LogP contribution < -0.4 is 10.6 Å². The van der Waals surface area contributed by atoms with E-state index in [-0.39, 0.29) is 23.8 Å². The van der Waals surface area contributed by atoms with E-state index in [0.29, 0.717) is 19.5 Å². The van der Waals surface area contributed by atoms with E-state index in [1.165, 1.54) is 5.69 Å². The highest BCUT2D eigenvalue weighted by Gasteiger charge is 2.42. The van der Waals surface area contributed by atoms with Gasteiger partial charge in [-0.15, -0.1) is 0 Å². The first-order valence-electron chi connectivity index (χ1n) is 12.1. The molecular weight excluding hydrogens is 426 g/mol. The smallest absolute Gasteiger partial charge is 0.245 e. The van der Waals surface area contributed by atoms with Crippen LogP contribution in [-0.4, -0.2) is 52.4 Å². The Hall–Kier alpha value is -3.45. The van der Waals surface area contributed by atoms with Crippen molar-refractivity contribution in [1.29, 1.82) is 0 Å². The molecule has 2 aromatic carbocycles. The van der Waals surface area contributed by atoms with E-state index >= 15 is 0 Å². The third kappa shape index (κ3) is 4.75. The van der Waals surface area contributed by atoms with Crippen molar-refractivity contribution in [3.63, 3.8) is 0 Å². The summed E-state index contributed by atoms with van der Waals surface area (Å²) < 4.78 is 0. The molecule has 3 aromatic rings. The summed E-state index contributed by atoms with van der Waals surface area (Å²) >= 11 is 0. The minimum Gasteiger partial charge on any atom is -0.348 e. The maximum atomic E-state index is 13.6. The molecule has 1 aromatic heterocycles. The topological polar surface area (TPSA) is 90.1 Å². The second-order valence-corrected chi connectivity index (χ2v) is 9.29. The standard InChI is InChI=1S/C27H31N5O2/c33-24(18-21-9-5-2-6-10-21)31-23(17-20-7-3-1-4-8-20)26(34)32-15-12-27(13-16-32)25-22(11-14-30-27)28-19-29-25/h1-10,19,23,30H,11-18H2,(H,28,29)(H,31,33)/t23-/m1/s1. The minimum absolute atomic E-state index is 0.0156. The number of carbonyl (C=O) groups is 2. The zero-order chi connectivity index (χ0) is 23.4. The number of aromatic nitrogens is 2. The number of piperidine rings is 1. The van der Waals surface area contributed by atoms with Crippen LogP contribution in [0.5, 0.6) is 0 Å². The molecule has 5 rings (SSSR count). The number of amides is 2. The lowest BCUT2D eigenvalue weighted by Crippen LogP contribution is -2.58. The zero-order valence-electron chi connectivity index (χ0n) is 19.3. The second kappa shape index (κ2) is 9.81. The van der Waals surface area contributed by atoms with Crippen LogP contribution in [0, 0.1) is 0 Å². The monoisotopic (exact) mass is 457 g/mol. The van der Waals surface area contributed by atoms with E-state index < -0.39 is 6.04 Å². The Kier molecular flexibility index (Phi) is 6.45. The minimum atomic E-state index is -0.590. The van der Waals surface area contributed by atoms with Crippen molar-refractivity contribution in [2.45, 2.75) is 43.7 Å². The van der Waals surface area contributed by atoms with Crippen molar-refractivity contribution in [2.75, 3.05) is 19.6 Å². The normalized spacial score (nSPS) is 17.7. The average molecular weight is 458 g/mol. The second-order valence-electron chi connectivity index (χ2n) is 9.29. The lowest BCUT2D eigenvalue weighted by molar-refractivity contribution is -0.138. The number of benzene rings is 2. The highest BCUT2D eigenvalue weighted by molar-refractivity contribution is 5.88. The van der Waals surface area contributed by atoms with Crippen LogP contribution >= 0.6 is 0 Å². The van der Waals surface area contributed by atoms with E-state index in [1.807, 2.05) is 65.6 Å². The van der Waals surface area contributed by atoms with Gasteiger partial charge in [0, 0.05) is 38.2 Å². The summed E-state index contributed by atoms with van der Waals surface area (Å²) in [5, 5.41) is 6.71. The number of imidazole rings is 1. The van der Waals surface area contributed by atoms with Gasteiger partial charge in [0.15, 0.2) is 0 Å². The van der Waals surface area contributed by atoms with Crippen molar-refractivity contribution >= 4 is 11.8 Å². The predicted octanol–water partition coefficient (Wildman–Crippen LogP) is 2.34. The van der Waals surface area contributed by atoms with Gasteiger partial charge in [-0.1, -0.05) is 60.7 Å². The molecule has 0 radical (unpaired) electrons. The number of nitrogens with zero attached hydrogens (tertiary/aromatic N) is 2. The van der Waals surface area contributed by atoms with Gasteiger partial charge < -0.3 is 20.5 Å². The summed E-state index contributed by atoms with van der Waals surface area (Å²) in [6, 6.07) is 18.9. The first-order valence-corrected chi connectivity index (χ1v) is 12.1. The summed E-state index contributed by atoms with van der Waals surface area (Å²) in [7, 11) is 0. The molecule has 176 valence electrons. The van der Waals surface area contributed by atoms with Gasteiger partial charge in [0.25, 0.3) is 0 Å². The molecule has 0 aliphatic carbocycles. The van der Waals surface area contributed by atoms with E-state index in [0.717, 1.165) is 42.6 Å². The molecule has 7 heteroatoms. The van der Waals surface area contributed by atoms with Gasteiger partial charge in [0.2, 0.25) is 11.8 Å². The summed E-state index contributed by atoms with van der Waals surface area (Å²) in [6.45, 7) is 2.19. The van der Waals surface area contributed by atoms with Gasteiger partial charge in [-0.2, -0.15) is 0 Å². The van der Waals surface area contributed by atoms with Gasteiger partial charge >= 0.3 is 0 Å². The molecule has 1 saturated heterocycles. The van der Waals surface area contributed by atoms with Gasteiger partial charge in [-0.3, -0.25) is 9.59 Å². The molecule has 2 amide bonds. The Bertz CT molecular complexity index is 1120. The average Bonchev–Trinajstić information content (AvgIpc) is 3.36. The van der Waals surface area contributed by atoms with Crippen LogP contribution in [0.1, 0.15) is 35.4 Å². The summed E-state index contributed by atoms with van der Waals surface area (Å²) in [4.78, 5) is 36.2. The van der Waals surface area contributed by atoms with Crippen LogP contribution in [-0.2, 0) is 34.4 Å². The maximum Gasteiger partial charge on any atom is 0.245 e. The number of carbonyl (C=O) groups excluding carboxylic acids is 2. The summed E-state index contributed by atoms with van der Waals surface area (Å²) in [6.07, 6.45) is 5.08. The quantitative estimate of drug-likeness (QED) is 0.530. The van der Waals surface area contributed by atoms with E-state index in [1.54, 1.807) is 6.33 Å². The molecule has 2 aliphatic heterocycles. The molecule has 34 heavy (non-hydrogen) atoms. The maximum absolute atomic E-state index is 13.6. The molecule has 0 unspecified atom stereocenters. The number of fused-ring (bicyclic) bond motifs is 2. The van der Waals surface area contributed by atoms with Crippen LogP contribution in [0.2, 0.25) is 0 Å². The van der Waals surface area contributed by atoms with Crippen molar-refractivity contribution < 1.29 is 9.59 Å². The van der Waals surface area contributed by atoms with E-state index in [9.17, 15) is 9.59 Å². The van der Waals surface area contributed by atoms with Crippen LogP contribution in [0.3, 0.4) is 0 Å². The van der Waals surface area contributed by atoms with E-state index in [2.05, 4.69) is 20.6 Å². The molecule has 0 bridgehead atoms. The third-order valence-corrected chi connectivity index (χ3v) is 7.06. The molecule has 1 atom stereocenters. The highest BCUT2D eigenvalue weighted by atomic mass is 16.2. The number of H-pyrrole nitrogens is 1. The number of nitrogens with one attached hydrogen (secondary N) is 3. The van der Waals surface area contributed by atoms with Crippen molar-refractivity contribution in [3.8, 4) is 0 Å². The number of aromatic amines is 1. The lowest BCUT2D eigenvalue weighted by atomic mass is 9.80. The Labute approximate surface area is 200 Å². The predicted molar refractivity (Wildman–Crippen MR) is 130 cm³/mol. The molecule has 3 heterocycles. The molecule has 2 aliphatic rings.